The van der Waals surface area contributed by atoms with Gasteiger partial charge in [-0.1, -0.05) is 11.6 Å². The van der Waals surface area contributed by atoms with Crippen LogP contribution in [0.25, 0.3) is 10.1 Å². The van der Waals surface area contributed by atoms with Gasteiger partial charge in [0.2, 0.25) is 0 Å². The van der Waals surface area contributed by atoms with Gasteiger partial charge in [0, 0.05) is 12.3 Å². The lowest BCUT2D eigenvalue weighted by molar-refractivity contribution is -0.131. The van der Waals surface area contributed by atoms with Crippen molar-refractivity contribution in [3.8, 4) is 5.75 Å². The number of halogens is 2. The van der Waals surface area contributed by atoms with Crippen molar-refractivity contribution in [2.75, 3.05) is 0 Å². The van der Waals surface area contributed by atoms with Crippen LogP contribution in [0.2, 0.25) is 5.15 Å². The summed E-state index contributed by atoms with van der Waals surface area (Å²) in [6, 6.07) is 1.73. The van der Waals surface area contributed by atoms with Gasteiger partial charge in [0.25, 0.3) is 5.91 Å². The molecular formula is C10H6BrClN2O3S. The minimum atomic E-state index is -0.806. The molecule has 0 saturated carbocycles. The monoisotopic (exact) mass is 348 g/mol. The Morgan fingerprint density at radius 2 is 2.22 bits per heavy atom. The van der Waals surface area contributed by atoms with Crippen LogP contribution in [-0.4, -0.2) is 16.9 Å². The molecule has 0 unspecified atom stereocenters. The summed E-state index contributed by atoms with van der Waals surface area (Å²) >= 11 is 10.5. The summed E-state index contributed by atoms with van der Waals surface area (Å²) in [5, 5.41) is 0.728. The van der Waals surface area contributed by atoms with Crippen molar-refractivity contribution in [3.63, 3.8) is 0 Å². The van der Waals surface area contributed by atoms with E-state index in [0.29, 0.717) is 10.1 Å². The quantitative estimate of drug-likeness (QED) is 0.667. The molecule has 2 aromatic heterocycles. The topological polar surface area (TPSA) is 82.3 Å². The summed E-state index contributed by atoms with van der Waals surface area (Å²) in [4.78, 5) is 26.3. The van der Waals surface area contributed by atoms with E-state index in [2.05, 4.69) is 20.9 Å². The van der Waals surface area contributed by atoms with Crippen molar-refractivity contribution < 1.29 is 14.3 Å². The molecule has 0 fully saturated rings. The second kappa shape index (κ2) is 4.83. The lowest BCUT2D eigenvalue weighted by Gasteiger charge is -2.07. The van der Waals surface area contributed by atoms with Gasteiger partial charge in [-0.3, -0.25) is 9.59 Å². The zero-order valence-electron chi connectivity index (χ0n) is 8.99. The maximum Gasteiger partial charge on any atom is 0.308 e. The summed E-state index contributed by atoms with van der Waals surface area (Å²) in [5.41, 5.74) is 5.04. The van der Waals surface area contributed by atoms with Crippen LogP contribution in [0.1, 0.15) is 17.4 Å². The van der Waals surface area contributed by atoms with E-state index >= 15 is 0 Å². The van der Waals surface area contributed by atoms with E-state index in [1.165, 1.54) is 18.3 Å². The third-order valence-electron chi connectivity index (χ3n) is 2.03. The molecule has 2 heterocycles. The molecule has 0 spiro atoms. The summed E-state index contributed by atoms with van der Waals surface area (Å²) in [6.45, 7) is 1.23. The van der Waals surface area contributed by atoms with Crippen LogP contribution in [0, 0.1) is 0 Å². The predicted octanol–water partition coefficient (Wildman–Crippen LogP) is 2.74. The minimum Gasteiger partial charge on any atom is -0.423 e. The van der Waals surface area contributed by atoms with Gasteiger partial charge in [0.05, 0.1) is 8.49 Å². The third-order valence-corrected chi connectivity index (χ3v) is 3.96. The number of ether oxygens (including phenoxy) is 1. The van der Waals surface area contributed by atoms with E-state index in [-0.39, 0.29) is 16.6 Å². The number of rotatable bonds is 2. The van der Waals surface area contributed by atoms with Gasteiger partial charge in [-0.2, -0.15) is 0 Å². The summed E-state index contributed by atoms with van der Waals surface area (Å²) < 4.78 is 6.34. The van der Waals surface area contributed by atoms with Gasteiger partial charge in [-0.25, -0.2) is 4.98 Å². The molecule has 2 aromatic rings. The number of esters is 1. The molecule has 2 rings (SSSR count). The number of primary amides is 1. The average molecular weight is 350 g/mol. The number of carbonyl (C=O) groups is 2. The van der Waals surface area contributed by atoms with Crippen LogP contribution >= 0.6 is 38.9 Å². The van der Waals surface area contributed by atoms with Gasteiger partial charge in [0.1, 0.15) is 5.15 Å². The Balaban J connectivity index is 2.82. The number of pyridine rings is 1. The van der Waals surface area contributed by atoms with Gasteiger partial charge < -0.3 is 10.5 Å². The fraction of sp³-hybridized carbons (Fsp3) is 0.100. The first-order valence-corrected chi connectivity index (χ1v) is 6.65. The Labute approximate surface area is 119 Å². The highest BCUT2D eigenvalue weighted by Crippen LogP contribution is 2.40. The Morgan fingerprint density at radius 3 is 2.78 bits per heavy atom. The molecule has 18 heavy (non-hydrogen) atoms. The maximum absolute atomic E-state index is 11.3. The fourth-order valence-corrected chi connectivity index (χ4v) is 3.28. The number of nitrogens with two attached hydrogens (primary N) is 1. The van der Waals surface area contributed by atoms with E-state index in [0.717, 1.165) is 3.79 Å². The van der Waals surface area contributed by atoms with Gasteiger partial charge >= 0.3 is 5.97 Å². The number of thiophene rings is 1. The number of amides is 1. The van der Waals surface area contributed by atoms with E-state index in [1.54, 1.807) is 6.07 Å². The Hall–Kier alpha value is -1.18. The van der Waals surface area contributed by atoms with Crippen LogP contribution in [0.15, 0.2) is 9.85 Å². The number of hydrogen-bond donors (Lipinski definition) is 1. The molecular weight excluding hydrogens is 344 g/mol. The van der Waals surface area contributed by atoms with Crippen molar-refractivity contribution in [2.24, 2.45) is 5.73 Å². The zero-order chi connectivity index (χ0) is 13.4. The second-order valence-electron chi connectivity index (χ2n) is 3.33. The molecule has 0 bridgehead atoms. The van der Waals surface area contributed by atoms with Crippen LogP contribution in [0.4, 0.5) is 0 Å². The summed E-state index contributed by atoms with van der Waals surface area (Å²) in [6.07, 6.45) is 0. The largest absolute Gasteiger partial charge is 0.423 e. The van der Waals surface area contributed by atoms with Crippen molar-refractivity contribution in [1.82, 2.24) is 4.98 Å². The van der Waals surface area contributed by atoms with E-state index in [1.807, 2.05) is 0 Å². The highest BCUT2D eigenvalue weighted by Gasteiger charge is 2.21. The molecule has 0 aromatic carbocycles. The summed E-state index contributed by atoms with van der Waals surface area (Å²) in [5.74, 6) is -1.32. The molecule has 8 heteroatoms. The first kappa shape index (κ1) is 13.3. The normalized spacial score (nSPS) is 10.6. The van der Waals surface area contributed by atoms with Crippen LogP contribution < -0.4 is 10.5 Å². The molecule has 0 aliphatic heterocycles. The number of hydrogen-bond acceptors (Lipinski definition) is 5. The van der Waals surface area contributed by atoms with Gasteiger partial charge in [-0.05, 0) is 22.0 Å². The first-order chi connectivity index (χ1) is 8.40. The molecule has 0 aliphatic carbocycles. The van der Waals surface area contributed by atoms with Crippen LogP contribution in [0.3, 0.4) is 0 Å². The molecule has 2 N–H and O–H groups in total. The zero-order valence-corrected chi connectivity index (χ0v) is 12.1. The molecule has 94 valence electrons. The smallest absolute Gasteiger partial charge is 0.308 e. The second-order valence-corrected chi connectivity index (χ2v) is 6.12. The predicted molar refractivity (Wildman–Crippen MR) is 72.2 cm³/mol. The average Bonchev–Trinajstić information content (AvgIpc) is 2.63. The number of aromatic nitrogens is 1. The molecule has 5 nitrogen and oxygen atoms in total. The van der Waals surface area contributed by atoms with Crippen molar-refractivity contribution >= 4 is 60.8 Å². The first-order valence-electron chi connectivity index (χ1n) is 4.67. The standard InChI is InChI=1S/C10H6BrClN2O3S/c1-3(15)17-7-6(10(13)16)14-9(12)4-2-5(11)18-8(4)7/h2H,1H3,(H2,13,16). The van der Waals surface area contributed by atoms with Crippen LogP contribution in [0.5, 0.6) is 5.75 Å². The highest BCUT2D eigenvalue weighted by atomic mass is 79.9. The SMILES string of the molecule is CC(=O)Oc1c(C(N)=O)nc(Cl)c2cc(Br)sc12. The van der Waals surface area contributed by atoms with Crippen molar-refractivity contribution in [2.45, 2.75) is 6.92 Å². The van der Waals surface area contributed by atoms with E-state index < -0.39 is 11.9 Å². The Bertz CT molecular complexity index is 671. The minimum absolute atomic E-state index is 0.0464. The molecule has 0 atom stereocenters. The van der Waals surface area contributed by atoms with E-state index in [4.69, 9.17) is 22.1 Å². The number of fused-ring (bicyclic) bond motifs is 1. The molecule has 0 radical (unpaired) electrons. The van der Waals surface area contributed by atoms with Crippen LogP contribution in [-0.2, 0) is 4.79 Å². The Morgan fingerprint density at radius 1 is 1.56 bits per heavy atom. The molecule has 0 aliphatic rings. The third kappa shape index (κ3) is 2.33. The maximum atomic E-state index is 11.3. The highest BCUT2D eigenvalue weighted by molar-refractivity contribution is 9.11. The lowest BCUT2D eigenvalue weighted by Crippen LogP contribution is -2.16. The molecule has 1 amide bonds. The lowest BCUT2D eigenvalue weighted by atomic mass is 10.2. The molecule has 0 saturated heterocycles. The number of nitrogens with zero attached hydrogens (tertiary/aromatic N) is 1. The van der Waals surface area contributed by atoms with E-state index in [9.17, 15) is 9.59 Å². The number of carbonyl (C=O) groups excluding carboxylic acids is 2. The summed E-state index contributed by atoms with van der Waals surface area (Å²) in [7, 11) is 0. The Kier molecular flexibility index (Phi) is 3.56. The van der Waals surface area contributed by atoms with Crippen molar-refractivity contribution in [1.29, 1.82) is 0 Å². The van der Waals surface area contributed by atoms with Gasteiger partial charge in [-0.15, -0.1) is 11.3 Å². The van der Waals surface area contributed by atoms with Gasteiger partial charge in [0.15, 0.2) is 11.4 Å². The van der Waals surface area contributed by atoms with Crippen molar-refractivity contribution in [3.05, 3.63) is 20.7 Å². The fourth-order valence-electron chi connectivity index (χ4n) is 1.40.